The molecule has 0 bridgehead atoms. The monoisotopic (exact) mass is 750 g/mol. The Morgan fingerprint density at radius 1 is 0.727 bits per heavy atom. The van der Waals surface area contributed by atoms with Crippen molar-refractivity contribution in [3.05, 3.63) is 132 Å². The summed E-state index contributed by atoms with van der Waals surface area (Å²) in [7, 11) is 0. The number of epoxide rings is 1. The van der Waals surface area contributed by atoms with Crippen molar-refractivity contribution in [2.75, 3.05) is 13.2 Å². The molecule has 1 aliphatic rings. The second kappa shape index (κ2) is 20.5. The highest BCUT2D eigenvalue weighted by Crippen LogP contribution is 2.28. The van der Waals surface area contributed by atoms with Gasteiger partial charge in [-0.1, -0.05) is 75.9 Å². The molecule has 55 heavy (non-hydrogen) atoms. The summed E-state index contributed by atoms with van der Waals surface area (Å²) in [6.45, 7) is 13.1. The van der Waals surface area contributed by atoms with E-state index in [1.54, 1.807) is 0 Å². The minimum atomic E-state index is -0.366. The Morgan fingerprint density at radius 3 is 1.67 bits per heavy atom. The number of esters is 2. The van der Waals surface area contributed by atoms with Crippen LogP contribution in [0.25, 0.3) is 0 Å². The lowest BCUT2D eigenvalue weighted by Crippen LogP contribution is -2.25. The molecule has 9 heteroatoms. The molecule has 1 saturated heterocycles. The molecule has 0 radical (unpaired) electrons. The Morgan fingerprint density at radius 2 is 1.20 bits per heavy atom. The molecule has 4 unspecified atom stereocenters. The molecule has 1 heterocycles. The summed E-state index contributed by atoms with van der Waals surface area (Å²) in [5, 5.41) is 0. The lowest BCUT2D eigenvalue weighted by Gasteiger charge is -2.19. The summed E-state index contributed by atoms with van der Waals surface area (Å²) >= 11 is 0. The first-order chi connectivity index (χ1) is 26.6. The molecule has 0 amide bonds. The molecule has 4 aromatic carbocycles. The van der Waals surface area contributed by atoms with Crippen LogP contribution in [0.2, 0.25) is 0 Å². The molecule has 1 fully saturated rings. The molecule has 0 aliphatic carbocycles. The van der Waals surface area contributed by atoms with E-state index in [-0.39, 0.29) is 48.9 Å². The zero-order valence-electron chi connectivity index (χ0n) is 32.5. The van der Waals surface area contributed by atoms with Crippen LogP contribution in [0.15, 0.2) is 110 Å². The Bertz CT molecular complexity index is 1780. The van der Waals surface area contributed by atoms with Crippen molar-refractivity contribution in [1.29, 1.82) is 0 Å². The number of ether oxygens (including phenoxy) is 7. The third kappa shape index (κ3) is 13.9. The smallest absolute Gasteiger partial charge is 0.311 e. The van der Waals surface area contributed by atoms with E-state index < -0.39 is 0 Å². The lowest BCUT2D eigenvalue weighted by atomic mass is 9.94. The average molecular weight is 751 g/mol. The van der Waals surface area contributed by atoms with E-state index in [0.29, 0.717) is 36.7 Å². The SMILES string of the molecule is C=COC(CCC)Oc1ccc(CCC(=O)Oc2ccc(C(C)Cc3ccc(OC(=O)CCc4ccc(OC(CC)OCC5(C)CO5)cc4)cc3)cc2)cc1. The Balaban J connectivity index is 0.990. The molecule has 0 aromatic heterocycles. The zero-order valence-corrected chi connectivity index (χ0v) is 32.5. The fraction of sp³-hybridized carbons (Fsp3) is 0.391. The number of aryl methyl sites for hydroxylation is 2. The van der Waals surface area contributed by atoms with Crippen LogP contribution in [0.4, 0.5) is 0 Å². The van der Waals surface area contributed by atoms with E-state index >= 15 is 0 Å². The predicted octanol–water partition coefficient (Wildman–Crippen LogP) is 9.69. The molecular formula is C46H54O9. The van der Waals surface area contributed by atoms with Gasteiger partial charge in [-0.3, -0.25) is 9.59 Å². The van der Waals surface area contributed by atoms with Gasteiger partial charge in [0, 0.05) is 25.7 Å². The predicted molar refractivity (Wildman–Crippen MR) is 211 cm³/mol. The molecule has 9 nitrogen and oxygen atoms in total. The van der Waals surface area contributed by atoms with Crippen LogP contribution < -0.4 is 18.9 Å². The van der Waals surface area contributed by atoms with Gasteiger partial charge in [0.15, 0.2) is 6.29 Å². The summed E-state index contributed by atoms with van der Waals surface area (Å²) in [4.78, 5) is 25.2. The second-order valence-electron chi connectivity index (χ2n) is 14.2. The number of carbonyl (C=O) groups excluding carboxylic acids is 2. The van der Waals surface area contributed by atoms with Gasteiger partial charge in [-0.05, 0) is 109 Å². The standard InChI is InChI=1S/C46H54O9/c1-6-9-45(49-8-3)55-41-22-12-35(13-23-41)17-29-43(48)53-39-26-18-37(19-27-39)33(4)30-36-14-24-38(25-15-36)52-42(47)28-16-34-10-20-40(21-11-34)54-44(7-2)50-31-46(5)32-51-46/h8,10-15,18-27,33,44-45H,3,6-7,9,16-17,28-32H2,1-2,4-5H3. The van der Waals surface area contributed by atoms with Crippen LogP contribution in [-0.2, 0) is 43.1 Å². The maximum Gasteiger partial charge on any atom is 0.311 e. The maximum atomic E-state index is 12.6. The molecule has 292 valence electrons. The molecule has 4 atom stereocenters. The minimum Gasteiger partial charge on any atom is -0.465 e. The topological polar surface area (TPSA) is 102 Å². The van der Waals surface area contributed by atoms with Crippen LogP contribution >= 0.6 is 0 Å². The van der Waals surface area contributed by atoms with Crippen molar-refractivity contribution in [2.24, 2.45) is 0 Å². The average Bonchev–Trinajstić information content (AvgIpc) is 3.93. The normalized spacial score (nSPS) is 16.3. The first kappa shape index (κ1) is 41.1. The van der Waals surface area contributed by atoms with Crippen molar-refractivity contribution < 1.29 is 42.7 Å². The number of benzene rings is 4. The van der Waals surface area contributed by atoms with Gasteiger partial charge < -0.3 is 33.2 Å². The molecule has 0 spiro atoms. The number of rotatable bonds is 23. The first-order valence-corrected chi connectivity index (χ1v) is 19.3. The molecule has 5 rings (SSSR count). The summed E-state index contributed by atoms with van der Waals surface area (Å²) in [5.74, 6) is 2.13. The summed E-state index contributed by atoms with van der Waals surface area (Å²) in [6, 6.07) is 30.7. The largest absolute Gasteiger partial charge is 0.465 e. The van der Waals surface area contributed by atoms with Crippen LogP contribution in [-0.4, -0.2) is 43.3 Å². The maximum absolute atomic E-state index is 12.6. The summed E-state index contributed by atoms with van der Waals surface area (Å²) in [5.41, 5.74) is 4.12. The van der Waals surface area contributed by atoms with E-state index in [2.05, 4.69) is 20.4 Å². The van der Waals surface area contributed by atoms with Gasteiger partial charge in [0.25, 0.3) is 0 Å². The number of hydrogen-bond donors (Lipinski definition) is 0. The highest BCUT2D eigenvalue weighted by molar-refractivity contribution is 5.73. The van der Waals surface area contributed by atoms with Crippen LogP contribution in [0.3, 0.4) is 0 Å². The number of carbonyl (C=O) groups is 2. The van der Waals surface area contributed by atoms with E-state index in [1.165, 1.54) is 6.26 Å². The van der Waals surface area contributed by atoms with E-state index in [4.69, 9.17) is 33.2 Å². The van der Waals surface area contributed by atoms with Crippen LogP contribution in [0, 0.1) is 0 Å². The first-order valence-electron chi connectivity index (χ1n) is 19.3. The second-order valence-corrected chi connectivity index (χ2v) is 14.2. The molecular weight excluding hydrogens is 696 g/mol. The molecule has 0 saturated carbocycles. The van der Waals surface area contributed by atoms with Gasteiger partial charge in [0.05, 0.1) is 19.5 Å². The van der Waals surface area contributed by atoms with Crippen molar-refractivity contribution in [1.82, 2.24) is 0 Å². The third-order valence-electron chi connectivity index (χ3n) is 9.31. The van der Waals surface area contributed by atoms with E-state index in [1.807, 2.05) is 111 Å². The molecule has 0 N–H and O–H groups in total. The third-order valence-corrected chi connectivity index (χ3v) is 9.31. The van der Waals surface area contributed by atoms with Crippen LogP contribution in [0.5, 0.6) is 23.0 Å². The van der Waals surface area contributed by atoms with Gasteiger partial charge in [0.1, 0.15) is 28.6 Å². The fourth-order valence-electron chi connectivity index (χ4n) is 5.87. The lowest BCUT2D eigenvalue weighted by molar-refractivity contribution is -0.135. The molecule has 1 aliphatic heterocycles. The van der Waals surface area contributed by atoms with E-state index in [0.717, 1.165) is 60.3 Å². The highest BCUT2D eigenvalue weighted by Gasteiger charge is 2.40. The van der Waals surface area contributed by atoms with Crippen molar-refractivity contribution in [3.8, 4) is 23.0 Å². The Labute approximate surface area is 325 Å². The van der Waals surface area contributed by atoms with Gasteiger partial charge in [-0.15, -0.1) is 0 Å². The Hall–Kier alpha value is -5.12. The Kier molecular flexibility index (Phi) is 15.3. The summed E-state index contributed by atoms with van der Waals surface area (Å²) in [6.07, 6.45) is 5.56. The van der Waals surface area contributed by atoms with Gasteiger partial charge in [-0.2, -0.15) is 0 Å². The van der Waals surface area contributed by atoms with Crippen molar-refractivity contribution >= 4 is 11.9 Å². The van der Waals surface area contributed by atoms with Gasteiger partial charge >= 0.3 is 11.9 Å². The van der Waals surface area contributed by atoms with Crippen molar-refractivity contribution in [2.45, 2.75) is 103 Å². The summed E-state index contributed by atoms with van der Waals surface area (Å²) < 4.78 is 39.7. The minimum absolute atomic E-state index is 0.179. The van der Waals surface area contributed by atoms with E-state index in [9.17, 15) is 9.59 Å². The number of hydrogen-bond acceptors (Lipinski definition) is 9. The van der Waals surface area contributed by atoms with Gasteiger partial charge in [0.2, 0.25) is 6.29 Å². The fourth-order valence-corrected chi connectivity index (χ4v) is 5.87. The molecule has 4 aromatic rings. The van der Waals surface area contributed by atoms with Gasteiger partial charge in [-0.25, -0.2) is 0 Å². The highest BCUT2D eigenvalue weighted by atomic mass is 16.7. The van der Waals surface area contributed by atoms with Crippen molar-refractivity contribution in [3.63, 3.8) is 0 Å². The van der Waals surface area contributed by atoms with Crippen LogP contribution in [0.1, 0.15) is 88.0 Å². The zero-order chi connectivity index (χ0) is 39.0. The quantitative estimate of drug-likeness (QED) is 0.0241.